The quantitative estimate of drug-likeness (QED) is 0.818. The summed E-state index contributed by atoms with van der Waals surface area (Å²) in [5.41, 5.74) is 0.265. The second-order valence-corrected chi connectivity index (χ2v) is 6.60. The first-order valence-corrected chi connectivity index (χ1v) is 8.44. The number of urea groups is 1. The van der Waals surface area contributed by atoms with E-state index in [4.69, 9.17) is 26.2 Å². The molecule has 1 aromatic rings. The number of rotatable bonds is 6. The largest absolute Gasteiger partial charge is 0.495 e. The van der Waals surface area contributed by atoms with Gasteiger partial charge in [0.2, 0.25) is 0 Å². The Balaban J connectivity index is 2.18. The fraction of sp³-hybridized carbons (Fsp3) is 0.588. The van der Waals surface area contributed by atoms with Gasteiger partial charge < -0.3 is 24.8 Å². The molecule has 1 aliphatic rings. The number of halogens is 1. The number of nitrogens with zero attached hydrogens (tertiary/aromatic N) is 1. The maximum absolute atomic E-state index is 12.7. The van der Waals surface area contributed by atoms with Crippen LogP contribution < -0.4 is 14.8 Å². The molecule has 0 saturated carbocycles. The third-order valence-corrected chi connectivity index (χ3v) is 4.88. The highest BCUT2D eigenvalue weighted by atomic mass is 35.5. The molecule has 1 aromatic carbocycles. The number of hydrogen-bond acceptors (Lipinski definition) is 4. The monoisotopic (exact) mass is 356 g/mol. The Kier molecular flexibility index (Phi) is 6.18. The lowest BCUT2D eigenvalue weighted by atomic mass is 9.93. The summed E-state index contributed by atoms with van der Waals surface area (Å²) in [4.78, 5) is 14.6. The second kappa shape index (κ2) is 7.94. The van der Waals surface area contributed by atoms with E-state index in [1.165, 1.54) is 14.2 Å². The van der Waals surface area contributed by atoms with Gasteiger partial charge in [0.15, 0.2) is 0 Å². The number of anilines is 1. The lowest BCUT2D eigenvalue weighted by Gasteiger charge is -2.35. The van der Waals surface area contributed by atoms with E-state index in [0.717, 1.165) is 19.3 Å². The van der Waals surface area contributed by atoms with Gasteiger partial charge in [-0.25, -0.2) is 4.79 Å². The van der Waals surface area contributed by atoms with Gasteiger partial charge in [0.1, 0.15) is 11.5 Å². The second-order valence-electron chi connectivity index (χ2n) is 6.20. The number of benzene rings is 1. The Hall–Kier alpha value is -1.66. The van der Waals surface area contributed by atoms with Gasteiger partial charge in [-0.05, 0) is 38.7 Å². The molecule has 2 amide bonds. The van der Waals surface area contributed by atoms with Crippen LogP contribution in [0.5, 0.6) is 11.5 Å². The maximum Gasteiger partial charge on any atom is 0.322 e. The van der Waals surface area contributed by atoms with Crippen LogP contribution in [0.1, 0.15) is 32.6 Å². The van der Waals surface area contributed by atoms with Crippen molar-refractivity contribution in [2.75, 3.05) is 32.7 Å². The minimum Gasteiger partial charge on any atom is -0.495 e. The molecule has 1 atom stereocenters. The van der Waals surface area contributed by atoms with Crippen LogP contribution in [0, 0.1) is 0 Å². The van der Waals surface area contributed by atoms with E-state index in [9.17, 15) is 4.79 Å². The zero-order chi connectivity index (χ0) is 17.7. The van der Waals surface area contributed by atoms with Crippen LogP contribution in [0.4, 0.5) is 10.5 Å². The molecule has 134 valence electrons. The zero-order valence-electron chi connectivity index (χ0n) is 14.4. The molecule has 0 aromatic heterocycles. The highest BCUT2D eigenvalue weighted by molar-refractivity contribution is 6.32. The molecule has 0 unspecified atom stereocenters. The van der Waals surface area contributed by atoms with Crippen molar-refractivity contribution in [3.8, 4) is 11.5 Å². The predicted octanol–water partition coefficient (Wildman–Crippen LogP) is 3.52. The third-order valence-electron chi connectivity index (χ3n) is 4.58. The van der Waals surface area contributed by atoms with Crippen LogP contribution in [0.3, 0.4) is 0 Å². The van der Waals surface area contributed by atoms with Gasteiger partial charge in [-0.3, -0.25) is 0 Å². The lowest BCUT2D eigenvalue weighted by molar-refractivity contribution is 0.151. The summed E-state index contributed by atoms with van der Waals surface area (Å²) in [5, 5.41) is 12.4. The van der Waals surface area contributed by atoms with Gasteiger partial charge in [0, 0.05) is 24.8 Å². The van der Waals surface area contributed by atoms with Crippen molar-refractivity contribution < 1.29 is 19.4 Å². The van der Waals surface area contributed by atoms with Crippen LogP contribution in [0.15, 0.2) is 12.1 Å². The number of carbonyl (C=O) groups excluding carboxylic acids is 1. The van der Waals surface area contributed by atoms with Gasteiger partial charge in [0.25, 0.3) is 0 Å². The minimum atomic E-state index is -0.240. The minimum absolute atomic E-state index is 0.132. The lowest BCUT2D eigenvalue weighted by Crippen LogP contribution is -2.47. The molecule has 2 N–H and O–H groups in total. The van der Waals surface area contributed by atoms with Crippen molar-refractivity contribution >= 4 is 23.3 Å². The molecular formula is C17H25ClN2O4. The summed E-state index contributed by atoms with van der Waals surface area (Å²) in [6.07, 6.45) is 3.34. The van der Waals surface area contributed by atoms with Crippen LogP contribution in [0.25, 0.3) is 0 Å². The Morgan fingerprint density at radius 1 is 1.38 bits per heavy atom. The molecule has 7 heteroatoms. The first-order chi connectivity index (χ1) is 11.4. The van der Waals surface area contributed by atoms with E-state index >= 15 is 0 Å². The highest BCUT2D eigenvalue weighted by Gasteiger charge is 2.39. The number of hydrogen-bond donors (Lipinski definition) is 2. The fourth-order valence-corrected chi connectivity index (χ4v) is 3.47. The molecule has 1 heterocycles. The Morgan fingerprint density at radius 2 is 2.08 bits per heavy atom. The van der Waals surface area contributed by atoms with E-state index in [1.54, 1.807) is 12.1 Å². The van der Waals surface area contributed by atoms with E-state index in [2.05, 4.69) is 12.2 Å². The number of amides is 2. The number of methoxy groups -OCH3 is 2. The highest BCUT2D eigenvalue weighted by Crippen LogP contribution is 2.38. The molecule has 1 aliphatic heterocycles. The van der Waals surface area contributed by atoms with Crippen molar-refractivity contribution in [1.82, 2.24) is 4.90 Å². The molecule has 6 nitrogen and oxygen atoms in total. The van der Waals surface area contributed by atoms with Gasteiger partial charge in [0.05, 0.1) is 24.9 Å². The normalized spacial score (nSPS) is 20.1. The summed E-state index contributed by atoms with van der Waals surface area (Å²) in [5.74, 6) is 0.973. The van der Waals surface area contributed by atoms with Gasteiger partial charge in [-0.15, -0.1) is 0 Å². The first-order valence-electron chi connectivity index (χ1n) is 8.06. The van der Waals surface area contributed by atoms with Crippen LogP contribution in [-0.4, -0.2) is 48.9 Å². The van der Waals surface area contributed by atoms with Crippen molar-refractivity contribution in [1.29, 1.82) is 0 Å². The maximum atomic E-state index is 12.7. The molecular weight excluding hydrogens is 332 g/mol. The summed E-state index contributed by atoms with van der Waals surface area (Å²) in [6, 6.07) is 3.08. The summed E-state index contributed by atoms with van der Waals surface area (Å²) >= 11 is 6.15. The molecule has 2 rings (SSSR count). The number of ether oxygens (including phenoxy) is 2. The average molecular weight is 357 g/mol. The molecule has 1 fully saturated rings. The molecule has 1 saturated heterocycles. The van der Waals surface area contributed by atoms with Crippen molar-refractivity contribution in [3.63, 3.8) is 0 Å². The predicted molar refractivity (Wildman–Crippen MR) is 94.2 cm³/mol. The Bertz CT molecular complexity index is 596. The zero-order valence-corrected chi connectivity index (χ0v) is 15.2. The van der Waals surface area contributed by atoms with E-state index in [1.807, 2.05) is 4.90 Å². The topological polar surface area (TPSA) is 71.0 Å². The van der Waals surface area contributed by atoms with Crippen LogP contribution >= 0.6 is 11.6 Å². The van der Waals surface area contributed by atoms with E-state index < -0.39 is 0 Å². The average Bonchev–Trinajstić information content (AvgIpc) is 2.95. The molecule has 0 bridgehead atoms. The molecule has 24 heavy (non-hydrogen) atoms. The van der Waals surface area contributed by atoms with Crippen molar-refractivity contribution in [2.45, 2.75) is 38.1 Å². The summed E-state index contributed by atoms with van der Waals surface area (Å²) < 4.78 is 10.5. The number of aliphatic hydroxyl groups is 1. The number of carbonyl (C=O) groups is 1. The summed E-state index contributed by atoms with van der Waals surface area (Å²) in [7, 11) is 3.05. The first kappa shape index (κ1) is 18.7. The van der Waals surface area contributed by atoms with E-state index in [0.29, 0.717) is 35.2 Å². The molecule has 0 aliphatic carbocycles. The standard InChI is InChI=1S/C17H25ClN2O4/c1-17(7-5-9-21)6-4-8-20(17)16(22)19-13-10-12(18)14(23-2)11-15(13)24-3/h10-11,21H,4-9H2,1-3H3,(H,19,22)/t17-/m0/s1. The fourth-order valence-electron chi connectivity index (χ4n) is 3.23. The Morgan fingerprint density at radius 3 is 2.71 bits per heavy atom. The smallest absolute Gasteiger partial charge is 0.322 e. The van der Waals surface area contributed by atoms with Crippen LogP contribution in [0.2, 0.25) is 5.02 Å². The van der Waals surface area contributed by atoms with Gasteiger partial charge in [-0.2, -0.15) is 0 Å². The number of likely N-dealkylation sites (tertiary alicyclic amines) is 1. The van der Waals surface area contributed by atoms with Crippen LogP contribution in [-0.2, 0) is 0 Å². The molecule has 0 radical (unpaired) electrons. The van der Waals surface area contributed by atoms with Crippen molar-refractivity contribution in [2.24, 2.45) is 0 Å². The third kappa shape index (κ3) is 3.87. The van der Waals surface area contributed by atoms with Crippen molar-refractivity contribution in [3.05, 3.63) is 17.2 Å². The Labute approximate surface area is 147 Å². The van der Waals surface area contributed by atoms with E-state index in [-0.39, 0.29) is 18.2 Å². The molecule has 0 spiro atoms. The van der Waals surface area contributed by atoms with Gasteiger partial charge in [-0.1, -0.05) is 11.6 Å². The summed E-state index contributed by atoms with van der Waals surface area (Å²) in [6.45, 7) is 2.89. The number of nitrogens with one attached hydrogen (secondary N) is 1. The number of aliphatic hydroxyl groups excluding tert-OH is 1. The van der Waals surface area contributed by atoms with Gasteiger partial charge >= 0.3 is 6.03 Å². The SMILES string of the molecule is COc1cc(OC)c(NC(=O)N2CCC[C@@]2(C)CCCO)cc1Cl.